The highest BCUT2D eigenvalue weighted by atomic mass is 35.5. The number of ketones is 1. The summed E-state index contributed by atoms with van der Waals surface area (Å²) in [5.41, 5.74) is 11.3. The number of carbonyl (C=O) groups is 1. The van der Waals surface area contributed by atoms with Gasteiger partial charge < -0.3 is 5.73 Å². The predicted octanol–water partition coefficient (Wildman–Crippen LogP) is 8.08. The van der Waals surface area contributed by atoms with Gasteiger partial charge in [0.05, 0.1) is 10.6 Å². The van der Waals surface area contributed by atoms with Gasteiger partial charge in [-0.25, -0.2) is 0 Å². The van der Waals surface area contributed by atoms with Crippen LogP contribution in [0, 0.1) is 5.92 Å². The van der Waals surface area contributed by atoms with Crippen LogP contribution in [0.4, 0.5) is 5.00 Å². The van der Waals surface area contributed by atoms with Crippen LogP contribution < -0.4 is 5.73 Å². The molecule has 1 unspecified atom stereocenters. The molecule has 2 N–H and O–H groups in total. The summed E-state index contributed by atoms with van der Waals surface area (Å²) in [5, 5.41) is 1.20. The Morgan fingerprint density at radius 3 is 2.24 bits per heavy atom. The zero-order valence-electron chi connectivity index (χ0n) is 18.8. The molecule has 0 aliphatic carbocycles. The number of anilines is 1. The Bertz CT molecular complexity index is 1200. The minimum absolute atomic E-state index is 0.0325. The fraction of sp³-hybridized carbons (Fsp3) is 0.207. The number of rotatable bonds is 9. The second-order valence-electron chi connectivity index (χ2n) is 8.54. The van der Waals surface area contributed by atoms with Crippen LogP contribution in [0.1, 0.15) is 46.8 Å². The molecular weight excluding hydrogens is 446 g/mol. The van der Waals surface area contributed by atoms with Crippen molar-refractivity contribution in [2.24, 2.45) is 5.92 Å². The smallest absolute Gasteiger partial charge is 0.196 e. The van der Waals surface area contributed by atoms with E-state index in [2.05, 4.69) is 49.4 Å². The molecule has 0 aliphatic rings. The Hall–Kier alpha value is -2.88. The lowest BCUT2D eigenvalue weighted by Crippen LogP contribution is -2.07. The van der Waals surface area contributed by atoms with Crippen molar-refractivity contribution in [2.45, 2.75) is 32.6 Å². The Labute approximate surface area is 205 Å². The van der Waals surface area contributed by atoms with Crippen molar-refractivity contribution in [3.8, 4) is 10.4 Å². The van der Waals surface area contributed by atoms with Gasteiger partial charge in [0.15, 0.2) is 5.78 Å². The van der Waals surface area contributed by atoms with E-state index in [4.69, 9.17) is 17.3 Å². The second-order valence-corrected chi connectivity index (χ2v) is 10.0. The van der Waals surface area contributed by atoms with Crippen LogP contribution in [-0.2, 0) is 12.8 Å². The normalized spacial score (nSPS) is 11.9. The maximum absolute atomic E-state index is 13.5. The van der Waals surface area contributed by atoms with Crippen molar-refractivity contribution >= 4 is 33.7 Å². The van der Waals surface area contributed by atoms with Gasteiger partial charge >= 0.3 is 0 Å². The summed E-state index contributed by atoms with van der Waals surface area (Å²) in [7, 11) is 0. The SMILES string of the molecule is CC(CCCc1c(-c2ccccc2)sc(N)c1C(=O)c1ccc(Cl)cc1)Cc1ccccc1. The molecule has 0 bridgehead atoms. The lowest BCUT2D eigenvalue weighted by atomic mass is 9.91. The van der Waals surface area contributed by atoms with Crippen LogP contribution >= 0.6 is 22.9 Å². The molecule has 0 amide bonds. The third-order valence-corrected chi connectivity index (χ3v) is 7.32. The van der Waals surface area contributed by atoms with E-state index in [1.807, 2.05) is 18.2 Å². The minimum Gasteiger partial charge on any atom is -0.390 e. The third kappa shape index (κ3) is 5.73. The molecule has 1 atom stereocenters. The minimum atomic E-state index is -0.0325. The van der Waals surface area contributed by atoms with Crippen LogP contribution in [0.3, 0.4) is 0 Å². The van der Waals surface area contributed by atoms with Gasteiger partial charge in [0.1, 0.15) is 0 Å². The maximum Gasteiger partial charge on any atom is 0.196 e. The zero-order valence-corrected chi connectivity index (χ0v) is 20.3. The molecule has 0 aliphatic heterocycles. The number of nitrogen functional groups attached to an aromatic ring is 1. The lowest BCUT2D eigenvalue weighted by Gasteiger charge is -2.13. The van der Waals surface area contributed by atoms with E-state index in [1.54, 1.807) is 24.3 Å². The molecule has 0 saturated carbocycles. The molecule has 0 saturated heterocycles. The summed E-state index contributed by atoms with van der Waals surface area (Å²) in [5.74, 6) is 0.536. The molecule has 0 radical (unpaired) electrons. The summed E-state index contributed by atoms with van der Waals surface area (Å²) in [6, 6.07) is 27.9. The first kappa shape index (κ1) is 23.3. The Morgan fingerprint density at radius 2 is 1.58 bits per heavy atom. The van der Waals surface area contributed by atoms with Gasteiger partial charge in [0, 0.05) is 15.5 Å². The van der Waals surface area contributed by atoms with Crippen molar-refractivity contribution < 1.29 is 4.79 Å². The summed E-state index contributed by atoms with van der Waals surface area (Å²) in [6.45, 7) is 2.30. The zero-order chi connectivity index (χ0) is 23.2. The Morgan fingerprint density at radius 1 is 0.939 bits per heavy atom. The third-order valence-electron chi connectivity index (χ3n) is 5.95. The Balaban J connectivity index is 1.59. The van der Waals surface area contributed by atoms with Crippen molar-refractivity contribution in [1.82, 2.24) is 0 Å². The summed E-state index contributed by atoms with van der Waals surface area (Å²) in [6.07, 6.45) is 3.98. The molecule has 0 spiro atoms. The monoisotopic (exact) mass is 473 g/mol. The van der Waals surface area contributed by atoms with Gasteiger partial charge in [-0.15, -0.1) is 11.3 Å². The molecule has 2 nitrogen and oxygen atoms in total. The molecule has 1 heterocycles. The summed E-state index contributed by atoms with van der Waals surface area (Å²) < 4.78 is 0. The molecule has 4 aromatic rings. The van der Waals surface area contributed by atoms with Crippen molar-refractivity contribution in [1.29, 1.82) is 0 Å². The van der Waals surface area contributed by atoms with E-state index in [1.165, 1.54) is 16.9 Å². The highest BCUT2D eigenvalue weighted by molar-refractivity contribution is 7.20. The number of thiophene rings is 1. The fourth-order valence-corrected chi connectivity index (χ4v) is 5.53. The molecule has 4 rings (SSSR count). The van der Waals surface area contributed by atoms with E-state index in [0.29, 0.717) is 27.1 Å². The first-order valence-corrected chi connectivity index (χ1v) is 12.5. The van der Waals surface area contributed by atoms with Gasteiger partial charge in [-0.3, -0.25) is 4.79 Å². The molecule has 4 heteroatoms. The van der Waals surface area contributed by atoms with Gasteiger partial charge in [-0.05, 0) is 66.1 Å². The first-order chi connectivity index (χ1) is 16.0. The molecule has 1 aromatic heterocycles. The van der Waals surface area contributed by atoms with Gasteiger partial charge in [-0.1, -0.05) is 85.6 Å². The van der Waals surface area contributed by atoms with Crippen LogP contribution in [0.2, 0.25) is 5.02 Å². The van der Waals surface area contributed by atoms with E-state index in [-0.39, 0.29) is 5.78 Å². The number of hydrogen-bond donors (Lipinski definition) is 1. The standard InChI is InChI=1S/C29H28ClNOS/c1-20(19-21-10-4-2-5-11-21)9-8-14-25-26(27(32)22-15-17-24(30)18-16-22)29(31)33-28(25)23-12-6-3-7-13-23/h2-7,10-13,15-18,20H,8-9,14,19,31H2,1H3. The predicted molar refractivity (Wildman–Crippen MR) is 141 cm³/mol. The maximum atomic E-state index is 13.5. The Kier molecular flexibility index (Phi) is 7.64. The first-order valence-electron chi connectivity index (χ1n) is 11.3. The van der Waals surface area contributed by atoms with Crippen LogP contribution in [-0.4, -0.2) is 5.78 Å². The average molecular weight is 474 g/mol. The molecule has 168 valence electrons. The number of benzene rings is 3. The highest BCUT2D eigenvalue weighted by Crippen LogP contribution is 2.40. The summed E-state index contributed by atoms with van der Waals surface area (Å²) in [4.78, 5) is 14.6. The van der Waals surface area contributed by atoms with Crippen molar-refractivity contribution in [3.63, 3.8) is 0 Å². The largest absolute Gasteiger partial charge is 0.390 e. The van der Waals surface area contributed by atoms with E-state index >= 15 is 0 Å². The van der Waals surface area contributed by atoms with Crippen LogP contribution in [0.25, 0.3) is 10.4 Å². The number of nitrogens with two attached hydrogens (primary N) is 1. The van der Waals surface area contributed by atoms with E-state index in [9.17, 15) is 4.79 Å². The number of hydrogen-bond acceptors (Lipinski definition) is 3. The molecular formula is C29H28ClNOS. The van der Waals surface area contributed by atoms with Gasteiger partial charge in [-0.2, -0.15) is 0 Å². The average Bonchev–Trinajstić information content (AvgIpc) is 3.16. The number of carbonyl (C=O) groups excluding carboxylic acids is 1. The van der Waals surface area contributed by atoms with E-state index < -0.39 is 0 Å². The second kappa shape index (κ2) is 10.8. The fourth-order valence-electron chi connectivity index (χ4n) is 4.29. The van der Waals surface area contributed by atoms with Crippen molar-refractivity contribution in [2.75, 3.05) is 5.73 Å². The van der Waals surface area contributed by atoms with E-state index in [0.717, 1.165) is 41.7 Å². The van der Waals surface area contributed by atoms with Crippen molar-refractivity contribution in [3.05, 3.63) is 112 Å². The summed E-state index contributed by atoms with van der Waals surface area (Å²) >= 11 is 7.54. The lowest BCUT2D eigenvalue weighted by molar-refractivity contribution is 0.103. The molecule has 0 fully saturated rings. The quantitative estimate of drug-likeness (QED) is 0.249. The number of halogens is 1. The highest BCUT2D eigenvalue weighted by Gasteiger charge is 2.24. The van der Waals surface area contributed by atoms with Crippen LogP contribution in [0.5, 0.6) is 0 Å². The molecule has 33 heavy (non-hydrogen) atoms. The van der Waals surface area contributed by atoms with Gasteiger partial charge in [0.2, 0.25) is 0 Å². The van der Waals surface area contributed by atoms with Gasteiger partial charge in [0.25, 0.3) is 0 Å². The van der Waals surface area contributed by atoms with Crippen LogP contribution in [0.15, 0.2) is 84.9 Å². The topological polar surface area (TPSA) is 43.1 Å². The molecule has 3 aromatic carbocycles.